The minimum atomic E-state index is -0.930. The summed E-state index contributed by atoms with van der Waals surface area (Å²) >= 11 is 5.66. The van der Waals surface area contributed by atoms with Crippen molar-refractivity contribution in [3.8, 4) is 0 Å². The maximum absolute atomic E-state index is 13.7. The van der Waals surface area contributed by atoms with E-state index in [4.69, 9.17) is 21.1 Å². The first-order chi connectivity index (χ1) is 7.78. The molecule has 1 fully saturated rings. The van der Waals surface area contributed by atoms with Gasteiger partial charge in [-0.05, 0) is 12.5 Å². The molecular weight excluding hydrogens is 231 g/mol. The highest BCUT2D eigenvalue weighted by molar-refractivity contribution is 6.17. The third kappa shape index (κ3) is 2.21. The average Bonchev–Trinajstić information content (AvgIpc) is 2.77. The molecule has 88 valence electrons. The van der Waals surface area contributed by atoms with Crippen molar-refractivity contribution in [1.82, 2.24) is 0 Å². The zero-order chi connectivity index (χ0) is 11.4. The van der Waals surface area contributed by atoms with Crippen molar-refractivity contribution in [2.75, 3.05) is 19.1 Å². The first kappa shape index (κ1) is 11.8. The molecule has 1 aliphatic rings. The second-order valence-corrected chi connectivity index (χ2v) is 4.10. The number of hydrogen-bond acceptors (Lipinski definition) is 2. The lowest BCUT2D eigenvalue weighted by Crippen LogP contribution is -2.28. The summed E-state index contributed by atoms with van der Waals surface area (Å²) in [5.74, 6) is -0.706. The second-order valence-electron chi connectivity index (χ2n) is 3.72. The van der Waals surface area contributed by atoms with E-state index in [2.05, 4.69) is 0 Å². The first-order valence-corrected chi connectivity index (χ1v) is 5.91. The van der Waals surface area contributed by atoms with Crippen LogP contribution in [0.15, 0.2) is 24.3 Å². The molecule has 0 spiro atoms. The van der Waals surface area contributed by atoms with Gasteiger partial charge < -0.3 is 9.47 Å². The van der Waals surface area contributed by atoms with E-state index in [1.807, 2.05) is 0 Å². The van der Waals surface area contributed by atoms with Gasteiger partial charge in [0, 0.05) is 17.9 Å². The van der Waals surface area contributed by atoms with E-state index < -0.39 is 5.79 Å². The predicted octanol–water partition coefficient (Wildman–Crippen LogP) is 3.04. The number of ether oxygens (including phenoxy) is 2. The van der Waals surface area contributed by atoms with Crippen molar-refractivity contribution in [1.29, 1.82) is 0 Å². The Labute approximate surface area is 99.3 Å². The molecule has 1 saturated heterocycles. The van der Waals surface area contributed by atoms with Crippen LogP contribution in [-0.2, 0) is 15.3 Å². The van der Waals surface area contributed by atoms with Crippen LogP contribution < -0.4 is 0 Å². The Morgan fingerprint density at radius 2 is 1.94 bits per heavy atom. The maximum atomic E-state index is 13.7. The van der Waals surface area contributed by atoms with Crippen molar-refractivity contribution in [2.45, 2.75) is 18.6 Å². The summed E-state index contributed by atoms with van der Waals surface area (Å²) in [6, 6.07) is 6.56. The summed E-state index contributed by atoms with van der Waals surface area (Å²) in [5.41, 5.74) is 0.470. The van der Waals surface area contributed by atoms with Crippen LogP contribution in [-0.4, -0.2) is 19.1 Å². The number of rotatable bonds is 4. The molecule has 1 aromatic carbocycles. The minimum absolute atomic E-state index is 0.293. The quantitative estimate of drug-likeness (QED) is 0.758. The summed E-state index contributed by atoms with van der Waals surface area (Å²) in [5, 5.41) is 0. The molecule has 0 aliphatic carbocycles. The number of alkyl halides is 1. The molecule has 1 aliphatic heterocycles. The lowest BCUT2D eigenvalue weighted by Gasteiger charge is -2.27. The van der Waals surface area contributed by atoms with Crippen LogP contribution in [0.25, 0.3) is 0 Å². The van der Waals surface area contributed by atoms with Gasteiger partial charge in [0.2, 0.25) is 0 Å². The Morgan fingerprint density at radius 1 is 1.25 bits per heavy atom. The fraction of sp³-hybridized carbons (Fsp3) is 0.500. The Kier molecular flexibility index (Phi) is 3.79. The lowest BCUT2D eigenvalue weighted by atomic mass is 10.0. The summed E-state index contributed by atoms with van der Waals surface area (Å²) in [7, 11) is 0. The fourth-order valence-corrected chi connectivity index (χ4v) is 2.09. The third-order valence-electron chi connectivity index (χ3n) is 2.68. The standard InChI is InChI=1S/C12H14ClFO2/c13-7-3-6-12(15-8-9-16-12)10-4-1-2-5-11(10)14/h1-2,4-5H,3,6-9H2. The largest absolute Gasteiger partial charge is 0.343 e. The molecule has 2 rings (SSSR count). The molecular formula is C12H14ClFO2. The van der Waals surface area contributed by atoms with Crippen molar-refractivity contribution in [3.05, 3.63) is 35.6 Å². The van der Waals surface area contributed by atoms with Crippen LogP contribution in [0, 0.1) is 5.82 Å². The Hall–Kier alpha value is -0.640. The van der Waals surface area contributed by atoms with Gasteiger partial charge in [-0.3, -0.25) is 0 Å². The van der Waals surface area contributed by atoms with Gasteiger partial charge in [-0.15, -0.1) is 11.6 Å². The molecule has 0 bridgehead atoms. The molecule has 0 radical (unpaired) electrons. The van der Waals surface area contributed by atoms with Crippen molar-refractivity contribution in [2.24, 2.45) is 0 Å². The maximum Gasteiger partial charge on any atom is 0.197 e. The van der Waals surface area contributed by atoms with Gasteiger partial charge in [0.15, 0.2) is 5.79 Å². The number of halogens is 2. The molecule has 0 amide bonds. The topological polar surface area (TPSA) is 18.5 Å². The molecule has 0 N–H and O–H groups in total. The third-order valence-corrected chi connectivity index (χ3v) is 2.94. The van der Waals surface area contributed by atoms with Gasteiger partial charge >= 0.3 is 0 Å². The number of hydrogen-bond donors (Lipinski definition) is 0. The van der Waals surface area contributed by atoms with E-state index in [9.17, 15) is 4.39 Å². The normalized spacial score (nSPS) is 18.9. The van der Waals surface area contributed by atoms with Gasteiger partial charge in [0.1, 0.15) is 5.82 Å². The predicted molar refractivity (Wildman–Crippen MR) is 59.9 cm³/mol. The van der Waals surface area contributed by atoms with Gasteiger partial charge in [-0.1, -0.05) is 18.2 Å². The van der Waals surface area contributed by atoms with E-state index >= 15 is 0 Å². The highest BCUT2D eigenvalue weighted by atomic mass is 35.5. The van der Waals surface area contributed by atoms with Crippen LogP contribution in [0.5, 0.6) is 0 Å². The summed E-state index contributed by atoms with van der Waals surface area (Å²) in [6.07, 6.45) is 1.31. The van der Waals surface area contributed by atoms with Crippen molar-refractivity contribution >= 4 is 11.6 Å². The van der Waals surface area contributed by atoms with Gasteiger partial charge in [0.25, 0.3) is 0 Å². The zero-order valence-electron chi connectivity index (χ0n) is 8.92. The molecule has 2 nitrogen and oxygen atoms in total. The zero-order valence-corrected chi connectivity index (χ0v) is 9.67. The Bertz CT molecular complexity index is 351. The molecule has 1 heterocycles. The first-order valence-electron chi connectivity index (χ1n) is 5.37. The molecule has 0 aromatic heterocycles. The molecule has 1 aromatic rings. The monoisotopic (exact) mass is 244 g/mol. The van der Waals surface area contributed by atoms with Crippen LogP contribution in [0.3, 0.4) is 0 Å². The Morgan fingerprint density at radius 3 is 2.56 bits per heavy atom. The van der Waals surface area contributed by atoms with Crippen molar-refractivity contribution in [3.63, 3.8) is 0 Å². The summed E-state index contributed by atoms with van der Waals surface area (Å²) < 4.78 is 24.9. The van der Waals surface area contributed by atoms with Crippen LogP contribution in [0.1, 0.15) is 18.4 Å². The van der Waals surface area contributed by atoms with Gasteiger partial charge in [-0.2, -0.15) is 0 Å². The van der Waals surface area contributed by atoms with E-state index in [0.717, 1.165) is 6.42 Å². The highest BCUT2D eigenvalue weighted by Gasteiger charge is 2.39. The summed E-state index contributed by atoms with van der Waals surface area (Å²) in [6.45, 7) is 0.993. The Balaban J connectivity index is 2.28. The fourth-order valence-electron chi connectivity index (χ4n) is 1.96. The molecule has 4 heteroatoms. The van der Waals surface area contributed by atoms with E-state index in [0.29, 0.717) is 31.1 Å². The molecule has 0 unspecified atom stereocenters. The second kappa shape index (κ2) is 5.13. The van der Waals surface area contributed by atoms with Gasteiger partial charge in [-0.25, -0.2) is 4.39 Å². The minimum Gasteiger partial charge on any atom is -0.343 e. The SMILES string of the molecule is Fc1ccccc1C1(CCCCl)OCCO1. The molecule has 16 heavy (non-hydrogen) atoms. The van der Waals surface area contributed by atoms with E-state index in [1.54, 1.807) is 18.2 Å². The smallest absolute Gasteiger partial charge is 0.197 e. The molecule has 0 atom stereocenters. The van der Waals surface area contributed by atoms with Crippen LogP contribution in [0.2, 0.25) is 0 Å². The van der Waals surface area contributed by atoms with Crippen LogP contribution >= 0.6 is 11.6 Å². The van der Waals surface area contributed by atoms with E-state index in [1.165, 1.54) is 6.07 Å². The average molecular weight is 245 g/mol. The highest BCUT2D eigenvalue weighted by Crippen LogP contribution is 2.37. The summed E-state index contributed by atoms with van der Waals surface area (Å²) in [4.78, 5) is 0. The van der Waals surface area contributed by atoms with E-state index in [-0.39, 0.29) is 5.82 Å². The lowest BCUT2D eigenvalue weighted by molar-refractivity contribution is -0.172. The van der Waals surface area contributed by atoms with Crippen molar-refractivity contribution < 1.29 is 13.9 Å². The molecule has 0 saturated carbocycles. The van der Waals surface area contributed by atoms with Gasteiger partial charge in [0.05, 0.1) is 13.2 Å². The van der Waals surface area contributed by atoms with Crippen LogP contribution in [0.4, 0.5) is 4.39 Å². The number of benzene rings is 1.